The maximum atomic E-state index is 12.2. The Hall–Kier alpha value is -1.66. The van der Waals surface area contributed by atoms with Gasteiger partial charge in [-0.25, -0.2) is 4.79 Å². The van der Waals surface area contributed by atoms with E-state index in [2.05, 4.69) is 9.47 Å². The number of hydrogen-bond donors (Lipinski definition) is 1. The first-order chi connectivity index (χ1) is 9.38. The number of nitrogens with two attached hydrogens (primary N) is 1. The van der Waals surface area contributed by atoms with E-state index in [1.54, 1.807) is 13.0 Å². The minimum atomic E-state index is -2.96. The number of rotatable bonds is 5. The number of alkyl halides is 2. The summed E-state index contributed by atoms with van der Waals surface area (Å²) < 4.78 is 33.4. The van der Waals surface area contributed by atoms with Gasteiger partial charge in [0, 0.05) is 6.54 Å². The number of esters is 1. The van der Waals surface area contributed by atoms with Crippen LogP contribution >= 0.6 is 11.6 Å². The van der Waals surface area contributed by atoms with Crippen LogP contribution in [0.4, 0.5) is 8.78 Å². The average molecular weight is 306 g/mol. The predicted molar refractivity (Wildman–Crippen MR) is 71.9 cm³/mol. The monoisotopic (exact) mass is 305 g/mol. The molecule has 0 unspecified atom stereocenters. The molecule has 0 radical (unpaired) electrons. The first-order valence-corrected chi connectivity index (χ1v) is 6.00. The maximum Gasteiger partial charge on any atom is 0.387 e. The van der Waals surface area contributed by atoms with Crippen molar-refractivity contribution in [2.45, 2.75) is 13.5 Å². The molecule has 20 heavy (non-hydrogen) atoms. The van der Waals surface area contributed by atoms with E-state index in [0.29, 0.717) is 11.1 Å². The van der Waals surface area contributed by atoms with Crippen LogP contribution in [0.5, 0.6) is 5.75 Å². The van der Waals surface area contributed by atoms with Gasteiger partial charge in [0.2, 0.25) is 0 Å². The molecule has 1 aromatic rings. The van der Waals surface area contributed by atoms with E-state index >= 15 is 0 Å². The lowest BCUT2D eigenvalue weighted by Gasteiger charge is -2.11. The summed E-state index contributed by atoms with van der Waals surface area (Å²) in [6.07, 6.45) is 1.48. The molecule has 110 valence electrons. The lowest BCUT2D eigenvalue weighted by atomic mass is 10.1. The predicted octanol–water partition coefficient (Wildman–Crippen LogP) is 2.76. The first-order valence-electron chi connectivity index (χ1n) is 5.63. The van der Waals surface area contributed by atoms with Gasteiger partial charge in [-0.15, -0.1) is 0 Å². The number of methoxy groups -OCH3 is 1. The average Bonchev–Trinajstić information content (AvgIpc) is 2.39. The fraction of sp³-hybridized carbons (Fsp3) is 0.308. The lowest BCUT2D eigenvalue weighted by Crippen LogP contribution is -2.14. The highest BCUT2D eigenvalue weighted by Crippen LogP contribution is 2.32. The quantitative estimate of drug-likeness (QED) is 0.671. The van der Waals surface area contributed by atoms with Crippen LogP contribution in [0.2, 0.25) is 5.02 Å². The molecule has 0 aliphatic heterocycles. The van der Waals surface area contributed by atoms with Crippen molar-refractivity contribution in [2.75, 3.05) is 13.7 Å². The van der Waals surface area contributed by atoms with Gasteiger partial charge in [-0.3, -0.25) is 0 Å². The lowest BCUT2D eigenvalue weighted by molar-refractivity contribution is -0.136. The summed E-state index contributed by atoms with van der Waals surface area (Å²) in [4.78, 5) is 11.4. The molecule has 0 heterocycles. The van der Waals surface area contributed by atoms with Crippen molar-refractivity contribution >= 4 is 23.6 Å². The van der Waals surface area contributed by atoms with Crippen LogP contribution < -0.4 is 10.5 Å². The second kappa shape index (κ2) is 7.21. The van der Waals surface area contributed by atoms with Gasteiger partial charge in [0.15, 0.2) is 0 Å². The number of carbonyl (C=O) groups excluding carboxylic acids is 1. The van der Waals surface area contributed by atoms with Crippen LogP contribution in [0.25, 0.3) is 6.08 Å². The van der Waals surface area contributed by atoms with Crippen molar-refractivity contribution in [1.82, 2.24) is 0 Å². The summed E-state index contributed by atoms with van der Waals surface area (Å²) in [7, 11) is 1.24. The van der Waals surface area contributed by atoms with Crippen molar-refractivity contribution in [3.63, 3.8) is 0 Å². The Kier molecular flexibility index (Phi) is 5.91. The summed E-state index contributed by atoms with van der Waals surface area (Å²) in [5.41, 5.74) is 6.65. The van der Waals surface area contributed by atoms with Crippen molar-refractivity contribution in [3.8, 4) is 5.75 Å². The molecule has 0 atom stereocenters. The molecule has 7 heteroatoms. The molecule has 0 amide bonds. The summed E-state index contributed by atoms with van der Waals surface area (Å²) in [6, 6.07) is 2.97. The molecular formula is C13H14ClF2NO3. The highest BCUT2D eigenvalue weighted by Gasteiger charge is 2.13. The van der Waals surface area contributed by atoms with Gasteiger partial charge in [-0.1, -0.05) is 11.6 Å². The molecule has 0 saturated carbocycles. The second-order valence-corrected chi connectivity index (χ2v) is 4.30. The van der Waals surface area contributed by atoms with E-state index in [1.165, 1.54) is 19.3 Å². The van der Waals surface area contributed by atoms with E-state index in [9.17, 15) is 13.6 Å². The van der Waals surface area contributed by atoms with E-state index in [-0.39, 0.29) is 22.9 Å². The van der Waals surface area contributed by atoms with Crippen LogP contribution in [0.15, 0.2) is 17.7 Å². The van der Waals surface area contributed by atoms with Gasteiger partial charge in [0.05, 0.1) is 17.7 Å². The van der Waals surface area contributed by atoms with E-state index in [1.807, 2.05) is 0 Å². The topological polar surface area (TPSA) is 61.5 Å². The minimum Gasteiger partial charge on any atom is -0.466 e. The summed E-state index contributed by atoms with van der Waals surface area (Å²) in [6.45, 7) is -1.40. The Morgan fingerprint density at radius 1 is 1.50 bits per heavy atom. The Morgan fingerprint density at radius 3 is 2.60 bits per heavy atom. The van der Waals surface area contributed by atoms with Gasteiger partial charge in [-0.2, -0.15) is 8.78 Å². The van der Waals surface area contributed by atoms with Crippen molar-refractivity contribution in [2.24, 2.45) is 5.73 Å². The standard InChI is InChI=1S/C13H14ClF2NO3/c1-7-3-8(4-9(6-17)12(18)19-2)5-10(14)11(7)20-13(15)16/h3-5,13H,6,17H2,1-2H3/b9-4+. The molecule has 1 rings (SSSR count). The maximum absolute atomic E-state index is 12.2. The molecule has 1 aromatic carbocycles. The molecule has 4 nitrogen and oxygen atoms in total. The number of halogens is 3. The van der Waals surface area contributed by atoms with Gasteiger partial charge in [0.25, 0.3) is 0 Å². The fourth-order valence-corrected chi connectivity index (χ4v) is 1.93. The second-order valence-electron chi connectivity index (χ2n) is 3.89. The normalized spacial score (nSPS) is 11.7. The van der Waals surface area contributed by atoms with E-state index in [0.717, 1.165) is 0 Å². The summed E-state index contributed by atoms with van der Waals surface area (Å²) in [5, 5.41) is 0.0257. The molecule has 0 aliphatic carbocycles. The Morgan fingerprint density at radius 2 is 2.15 bits per heavy atom. The highest BCUT2D eigenvalue weighted by atomic mass is 35.5. The molecule has 0 saturated heterocycles. The largest absolute Gasteiger partial charge is 0.466 e. The third kappa shape index (κ3) is 4.18. The third-order valence-electron chi connectivity index (χ3n) is 2.47. The zero-order valence-corrected chi connectivity index (χ0v) is 11.7. The highest BCUT2D eigenvalue weighted by molar-refractivity contribution is 6.32. The summed E-state index contributed by atoms with van der Waals surface area (Å²) >= 11 is 5.88. The number of ether oxygens (including phenoxy) is 2. The van der Waals surface area contributed by atoms with Crippen LogP contribution in [0, 0.1) is 6.92 Å². The number of benzene rings is 1. The van der Waals surface area contributed by atoms with E-state index < -0.39 is 12.6 Å². The fourth-order valence-electron chi connectivity index (χ4n) is 1.61. The van der Waals surface area contributed by atoms with Crippen molar-refractivity contribution < 1.29 is 23.0 Å². The molecular weight excluding hydrogens is 292 g/mol. The van der Waals surface area contributed by atoms with Crippen LogP contribution in [-0.2, 0) is 9.53 Å². The van der Waals surface area contributed by atoms with Gasteiger partial charge in [0.1, 0.15) is 5.75 Å². The minimum absolute atomic E-state index is 0.0153. The van der Waals surface area contributed by atoms with Gasteiger partial charge in [-0.05, 0) is 36.3 Å². The molecule has 0 bridgehead atoms. The third-order valence-corrected chi connectivity index (χ3v) is 2.75. The van der Waals surface area contributed by atoms with Gasteiger partial charge >= 0.3 is 12.6 Å². The molecule has 0 aliphatic rings. The number of aryl methyl sites for hydroxylation is 1. The zero-order chi connectivity index (χ0) is 15.3. The van der Waals surface area contributed by atoms with Gasteiger partial charge < -0.3 is 15.2 Å². The number of carbonyl (C=O) groups is 1. The molecule has 2 N–H and O–H groups in total. The van der Waals surface area contributed by atoms with Crippen LogP contribution in [0.3, 0.4) is 0 Å². The molecule has 0 spiro atoms. The Labute approximate surface area is 120 Å². The number of hydrogen-bond acceptors (Lipinski definition) is 4. The van der Waals surface area contributed by atoms with Crippen LogP contribution in [-0.4, -0.2) is 26.2 Å². The molecule has 0 aromatic heterocycles. The Bertz CT molecular complexity index is 509. The zero-order valence-electron chi connectivity index (χ0n) is 11.0. The van der Waals surface area contributed by atoms with Crippen LogP contribution in [0.1, 0.15) is 11.1 Å². The SMILES string of the molecule is COC(=O)/C(=C/c1cc(C)c(OC(F)F)c(Cl)c1)CN. The van der Waals surface area contributed by atoms with Crippen molar-refractivity contribution in [3.05, 3.63) is 33.9 Å². The van der Waals surface area contributed by atoms with Crippen molar-refractivity contribution in [1.29, 1.82) is 0 Å². The summed E-state index contributed by atoms with van der Waals surface area (Å²) in [5.74, 6) is -0.652. The Balaban J connectivity index is 3.16. The molecule has 0 fully saturated rings. The first kappa shape index (κ1) is 16.4. The smallest absolute Gasteiger partial charge is 0.387 e. The van der Waals surface area contributed by atoms with E-state index in [4.69, 9.17) is 17.3 Å².